The number of halogens is 2. The average molecular weight is 247 g/mol. The lowest BCUT2D eigenvalue weighted by molar-refractivity contribution is -0.304. The first-order valence-corrected chi connectivity index (χ1v) is 5.30. The van der Waals surface area contributed by atoms with E-state index in [0.29, 0.717) is 16.7 Å². The van der Waals surface area contributed by atoms with Crippen LogP contribution in [0.2, 0.25) is 0 Å². The van der Waals surface area contributed by atoms with Gasteiger partial charge in [-0.15, -0.1) is 0 Å². The molecule has 0 bridgehead atoms. The zero-order valence-electron chi connectivity index (χ0n) is 9.32. The summed E-state index contributed by atoms with van der Waals surface area (Å²) >= 11 is 0. The molecule has 0 radical (unpaired) electrons. The molecule has 0 N–H and O–H groups in total. The number of rotatable bonds is 3. The van der Waals surface area contributed by atoms with Crippen molar-refractivity contribution in [2.75, 3.05) is 0 Å². The summed E-state index contributed by atoms with van der Waals surface area (Å²) in [6.45, 7) is 0. The van der Waals surface area contributed by atoms with Gasteiger partial charge in [-0.1, -0.05) is 24.3 Å². The maximum atomic E-state index is 13.0. The zero-order valence-corrected chi connectivity index (χ0v) is 9.32. The Balaban J connectivity index is 2.31. The number of carboxylic acids is 1. The van der Waals surface area contributed by atoms with Crippen molar-refractivity contribution in [1.29, 1.82) is 0 Å². The largest absolute Gasteiger partial charge is 0.550 e. The summed E-state index contributed by atoms with van der Waals surface area (Å²) in [5, 5.41) is 10.4. The number of carbonyl (C=O) groups is 1. The molecule has 2 rings (SSSR count). The van der Waals surface area contributed by atoms with Gasteiger partial charge in [0.05, 0.1) is 0 Å². The van der Waals surface area contributed by atoms with E-state index in [4.69, 9.17) is 0 Å². The second-order valence-corrected chi connectivity index (χ2v) is 3.90. The van der Waals surface area contributed by atoms with Crippen LogP contribution in [0, 0.1) is 11.6 Å². The first-order chi connectivity index (χ1) is 8.54. The summed E-state index contributed by atoms with van der Waals surface area (Å²) in [6, 6.07) is 9.66. The molecule has 0 aromatic heterocycles. The van der Waals surface area contributed by atoms with Crippen molar-refractivity contribution in [2.24, 2.45) is 0 Å². The van der Waals surface area contributed by atoms with E-state index in [2.05, 4.69) is 0 Å². The Bertz CT molecular complexity index is 557. The van der Waals surface area contributed by atoms with Gasteiger partial charge in [-0.05, 0) is 28.8 Å². The molecule has 92 valence electrons. The van der Waals surface area contributed by atoms with E-state index in [-0.39, 0.29) is 6.42 Å². The molecule has 0 aliphatic rings. The van der Waals surface area contributed by atoms with Crippen LogP contribution in [0.15, 0.2) is 42.5 Å². The number of carbonyl (C=O) groups excluding carboxylic acids is 1. The third kappa shape index (κ3) is 2.91. The minimum Gasteiger partial charge on any atom is -0.550 e. The summed E-state index contributed by atoms with van der Waals surface area (Å²) in [6.07, 6.45) is -0.183. The maximum absolute atomic E-state index is 13.0. The van der Waals surface area contributed by atoms with Crippen molar-refractivity contribution in [1.82, 2.24) is 0 Å². The molecule has 0 aliphatic heterocycles. The lowest BCUT2D eigenvalue weighted by atomic mass is 10.0. The fourth-order valence-corrected chi connectivity index (χ4v) is 1.70. The van der Waals surface area contributed by atoms with Gasteiger partial charge in [0.2, 0.25) is 0 Å². The van der Waals surface area contributed by atoms with Crippen LogP contribution < -0.4 is 5.11 Å². The molecule has 0 fully saturated rings. The van der Waals surface area contributed by atoms with Gasteiger partial charge < -0.3 is 9.90 Å². The Morgan fingerprint density at radius 1 is 0.944 bits per heavy atom. The summed E-state index contributed by atoms with van der Waals surface area (Å²) in [7, 11) is 0. The standard InChI is InChI=1S/C14H10F2O2/c15-12-6-11(7-13(16)8-12)10-3-1-9(2-4-10)5-14(17)18/h1-4,6-8H,5H2,(H,17,18)/p-1. The van der Waals surface area contributed by atoms with Crippen LogP contribution in [0.25, 0.3) is 11.1 Å². The Kier molecular flexibility index (Phi) is 3.37. The van der Waals surface area contributed by atoms with Crippen LogP contribution in [-0.2, 0) is 11.2 Å². The molecule has 0 saturated heterocycles. The molecule has 2 aromatic carbocycles. The molecule has 0 aliphatic carbocycles. The minimum absolute atomic E-state index is 0.183. The monoisotopic (exact) mass is 247 g/mol. The summed E-state index contributed by atoms with van der Waals surface area (Å²) in [4.78, 5) is 10.4. The van der Waals surface area contributed by atoms with Gasteiger partial charge in [0.25, 0.3) is 0 Å². The summed E-state index contributed by atoms with van der Waals surface area (Å²) in [5.41, 5.74) is 1.61. The van der Waals surface area contributed by atoms with Crippen molar-refractivity contribution in [3.05, 3.63) is 59.7 Å². The Morgan fingerprint density at radius 3 is 2.00 bits per heavy atom. The van der Waals surface area contributed by atoms with E-state index in [1.54, 1.807) is 24.3 Å². The molecule has 18 heavy (non-hydrogen) atoms. The molecule has 0 unspecified atom stereocenters. The predicted molar refractivity (Wildman–Crippen MR) is 60.5 cm³/mol. The van der Waals surface area contributed by atoms with Gasteiger partial charge in [-0.3, -0.25) is 0 Å². The summed E-state index contributed by atoms with van der Waals surface area (Å²) < 4.78 is 26.1. The predicted octanol–water partition coefficient (Wildman–Crippen LogP) is 1.92. The third-order valence-corrected chi connectivity index (χ3v) is 2.50. The first kappa shape index (κ1) is 12.2. The van der Waals surface area contributed by atoms with E-state index < -0.39 is 17.6 Å². The van der Waals surface area contributed by atoms with Crippen LogP contribution in [0.4, 0.5) is 8.78 Å². The molecule has 4 heteroatoms. The average Bonchev–Trinajstić information content (AvgIpc) is 2.27. The fourth-order valence-electron chi connectivity index (χ4n) is 1.70. The van der Waals surface area contributed by atoms with Crippen molar-refractivity contribution < 1.29 is 18.7 Å². The molecule has 0 atom stereocenters. The number of aliphatic carboxylic acids is 1. The molecule has 2 nitrogen and oxygen atoms in total. The highest BCUT2D eigenvalue weighted by Crippen LogP contribution is 2.22. The van der Waals surface area contributed by atoms with Gasteiger partial charge >= 0.3 is 0 Å². The molecule has 0 saturated carbocycles. The van der Waals surface area contributed by atoms with Crippen LogP contribution in [-0.4, -0.2) is 5.97 Å². The van der Waals surface area contributed by atoms with Crippen LogP contribution in [0.5, 0.6) is 0 Å². The second kappa shape index (κ2) is 4.96. The highest BCUT2D eigenvalue weighted by atomic mass is 19.1. The SMILES string of the molecule is O=C([O-])Cc1ccc(-c2cc(F)cc(F)c2)cc1. The minimum atomic E-state index is -1.17. The zero-order chi connectivity index (χ0) is 13.1. The van der Waals surface area contributed by atoms with Crippen molar-refractivity contribution >= 4 is 5.97 Å². The Morgan fingerprint density at radius 2 is 1.50 bits per heavy atom. The first-order valence-electron chi connectivity index (χ1n) is 5.30. The maximum Gasteiger partial charge on any atom is 0.126 e. The van der Waals surface area contributed by atoms with E-state index in [1.165, 1.54) is 12.1 Å². The van der Waals surface area contributed by atoms with Crippen LogP contribution in [0.1, 0.15) is 5.56 Å². The van der Waals surface area contributed by atoms with Crippen molar-refractivity contribution in [2.45, 2.75) is 6.42 Å². The Labute approximate surface area is 103 Å². The number of benzene rings is 2. The fraction of sp³-hybridized carbons (Fsp3) is 0.0714. The van der Waals surface area contributed by atoms with E-state index in [9.17, 15) is 18.7 Å². The van der Waals surface area contributed by atoms with Gasteiger partial charge in [0.15, 0.2) is 0 Å². The van der Waals surface area contributed by atoms with Gasteiger partial charge in [-0.25, -0.2) is 8.78 Å². The van der Waals surface area contributed by atoms with Crippen LogP contribution >= 0.6 is 0 Å². The highest BCUT2D eigenvalue weighted by molar-refractivity contribution is 5.69. The van der Waals surface area contributed by atoms with E-state index >= 15 is 0 Å². The highest BCUT2D eigenvalue weighted by Gasteiger charge is 2.03. The molecule has 0 spiro atoms. The molecule has 2 aromatic rings. The summed E-state index contributed by atoms with van der Waals surface area (Å²) in [5.74, 6) is -2.47. The normalized spacial score (nSPS) is 10.3. The topological polar surface area (TPSA) is 40.1 Å². The van der Waals surface area contributed by atoms with Gasteiger partial charge in [0.1, 0.15) is 11.6 Å². The molecule has 0 amide bonds. The quantitative estimate of drug-likeness (QED) is 0.831. The van der Waals surface area contributed by atoms with Crippen LogP contribution in [0.3, 0.4) is 0 Å². The van der Waals surface area contributed by atoms with E-state index in [0.717, 1.165) is 6.07 Å². The van der Waals surface area contributed by atoms with Crippen molar-refractivity contribution in [3.8, 4) is 11.1 Å². The number of hydrogen-bond acceptors (Lipinski definition) is 2. The van der Waals surface area contributed by atoms with Gasteiger partial charge in [0, 0.05) is 18.5 Å². The molecule has 0 heterocycles. The smallest absolute Gasteiger partial charge is 0.126 e. The second-order valence-electron chi connectivity index (χ2n) is 3.90. The van der Waals surface area contributed by atoms with Crippen molar-refractivity contribution in [3.63, 3.8) is 0 Å². The Hall–Kier alpha value is -2.23. The van der Waals surface area contributed by atoms with Gasteiger partial charge in [-0.2, -0.15) is 0 Å². The third-order valence-electron chi connectivity index (χ3n) is 2.50. The molecular formula is C14H9F2O2-. The number of carboxylic acid groups (broad SMARTS) is 1. The lowest BCUT2D eigenvalue weighted by Crippen LogP contribution is -2.24. The van der Waals surface area contributed by atoms with E-state index in [1.807, 2.05) is 0 Å². The lowest BCUT2D eigenvalue weighted by Gasteiger charge is -2.05. The number of hydrogen-bond donors (Lipinski definition) is 0. The molecular weight excluding hydrogens is 238 g/mol.